The van der Waals surface area contributed by atoms with Crippen molar-refractivity contribution in [1.82, 2.24) is 9.97 Å². The second-order valence-corrected chi connectivity index (χ2v) is 6.91. The van der Waals surface area contributed by atoms with Gasteiger partial charge in [-0.2, -0.15) is 0 Å². The number of ether oxygens (including phenoxy) is 1. The number of hydrogen-bond acceptors (Lipinski definition) is 7. The summed E-state index contributed by atoms with van der Waals surface area (Å²) < 4.78 is 5.51. The van der Waals surface area contributed by atoms with Crippen LogP contribution in [0.25, 0.3) is 0 Å². The van der Waals surface area contributed by atoms with E-state index in [2.05, 4.69) is 30.6 Å². The lowest BCUT2D eigenvalue weighted by Gasteiger charge is -2.16. The van der Waals surface area contributed by atoms with E-state index in [1.807, 2.05) is 0 Å². The molecule has 2 heterocycles. The van der Waals surface area contributed by atoms with Crippen LogP contribution in [0.5, 0.6) is 5.75 Å². The molecule has 10 nitrogen and oxygen atoms in total. The van der Waals surface area contributed by atoms with E-state index in [4.69, 9.17) is 10.5 Å². The van der Waals surface area contributed by atoms with E-state index in [0.717, 1.165) is 12.8 Å². The Bertz CT molecular complexity index is 1050. The minimum atomic E-state index is -0.106. The fourth-order valence-corrected chi connectivity index (χ4v) is 2.88. The monoisotopic (exact) mass is 423 g/mol. The van der Waals surface area contributed by atoms with Crippen molar-refractivity contribution >= 4 is 41.2 Å². The zero-order valence-corrected chi connectivity index (χ0v) is 17.7. The third-order valence-corrected chi connectivity index (χ3v) is 4.67. The van der Waals surface area contributed by atoms with Crippen molar-refractivity contribution in [3.05, 3.63) is 35.7 Å². The van der Waals surface area contributed by atoms with Gasteiger partial charge in [-0.15, -0.1) is 0 Å². The molecule has 162 valence electrons. The van der Waals surface area contributed by atoms with Crippen molar-refractivity contribution in [3.63, 3.8) is 0 Å². The molecule has 0 radical (unpaired) electrons. The van der Waals surface area contributed by atoms with Gasteiger partial charge in [0.05, 0.1) is 23.9 Å². The number of ketones is 1. The summed E-state index contributed by atoms with van der Waals surface area (Å²) in [7, 11) is 3.07. The van der Waals surface area contributed by atoms with Gasteiger partial charge >= 0.3 is 0 Å². The van der Waals surface area contributed by atoms with Gasteiger partial charge in [-0.25, -0.2) is 15.0 Å². The molecule has 0 aromatic carbocycles. The number of amidine groups is 1. The summed E-state index contributed by atoms with van der Waals surface area (Å²) in [5, 5.41) is 5.91. The van der Waals surface area contributed by atoms with E-state index >= 15 is 0 Å². The van der Waals surface area contributed by atoms with Crippen LogP contribution >= 0.6 is 0 Å². The molecule has 0 bridgehead atoms. The zero-order valence-electron chi connectivity index (χ0n) is 17.7. The highest BCUT2D eigenvalue weighted by Crippen LogP contribution is 2.33. The maximum Gasteiger partial charge on any atom is 0.228 e. The van der Waals surface area contributed by atoms with Crippen molar-refractivity contribution in [2.75, 3.05) is 24.8 Å². The van der Waals surface area contributed by atoms with Crippen LogP contribution in [0.3, 0.4) is 0 Å². The van der Waals surface area contributed by atoms with Gasteiger partial charge in [-0.05, 0) is 18.9 Å². The number of aliphatic imine (C=N–C) groups is 2. The number of anilines is 3. The van der Waals surface area contributed by atoms with E-state index in [0.29, 0.717) is 40.6 Å². The number of hydrogen-bond donors (Lipinski definition) is 3. The lowest BCUT2D eigenvalue weighted by Crippen LogP contribution is -2.17. The molecule has 1 fully saturated rings. The number of carbonyl (C=O) groups excluding carboxylic acids is 2. The third kappa shape index (κ3) is 5.21. The second kappa shape index (κ2) is 9.79. The minimum Gasteiger partial charge on any atom is -0.492 e. The predicted octanol–water partition coefficient (Wildman–Crippen LogP) is 2.53. The number of aromatic nitrogens is 2. The van der Waals surface area contributed by atoms with Crippen molar-refractivity contribution < 1.29 is 14.3 Å². The van der Waals surface area contributed by atoms with Gasteiger partial charge in [-0.3, -0.25) is 14.6 Å². The van der Waals surface area contributed by atoms with E-state index in [1.54, 1.807) is 32.3 Å². The van der Waals surface area contributed by atoms with Crippen molar-refractivity contribution in [2.45, 2.75) is 26.2 Å². The number of carbonyl (C=O) groups is 2. The number of nitrogens with zero attached hydrogens (tertiary/aromatic N) is 4. The number of pyridine rings is 2. The lowest BCUT2D eigenvalue weighted by atomic mass is 10.1. The molecular formula is C21H25N7O3. The Morgan fingerprint density at radius 3 is 2.74 bits per heavy atom. The topological polar surface area (TPSA) is 144 Å². The molecule has 1 aliphatic carbocycles. The van der Waals surface area contributed by atoms with Gasteiger partial charge in [0.15, 0.2) is 17.4 Å². The Morgan fingerprint density at radius 2 is 2.10 bits per heavy atom. The molecule has 31 heavy (non-hydrogen) atoms. The first-order chi connectivity index (χ1) is 15.0. The lowest BCUT2D eigenvalue weighted by molar-refractivity contribution is -0.117. The number of methoxy groups -OCH3 is 1. The highest BCUT2D eigenvalue weighted by molar-refractivity contribution is 6.05. The highest BCUT2D eigenvalue weighted by atomic mass is 16.5. The number of Topliss-reactive ketones (excluding diaryl/α,β-unsaturated/α-hetero) is 1. The number of amides is 1. The number of nitrogens with two attached hydrogens (primary N) is 1. The van der Waals surface area contributed by atoms with Crippen LogP contribution in [-0.4, -0.2) is 48.0 Å². The van der Waals surface area contributed by atoms with E-state index in [1.165, 1.54) is 19.6 Å². The first-order valence-corrected chi connectivity index (χ1v) is 9.86. The molecule has 4 N–H and O–H groups in total. The quantitative estimate of drug-likeness (QED) is 0.319. The van der Waals surface area contributed by atoms with E-state index < -0.39 is 0 Å². The highest BCUT2D eigenvalue weighted by Gasteiger charge is 2.30. The standard InChI is InChI=1S/C21H25N7O3/c1-4-16(29)14-10-25-17(28-21(30)12-5-6-12)9-15(14)27-20-18(31-3)13(7-8-24-20)19(22)26-11-23-2/h7-12H,4-6H2,1-3H3,(H2,22,23,26)(H2,24,25,27,28,30). The van der Waals surface area contributed by atoms with E-state index in [-0.39, 0.29) is 23.4 Å². The first kappa shape index (κ1) is 21.9. The van der Waals surface area contributed by atoms with Crippen LogP contribution in [0.2, 0.25) is 0 Å². The van der Waals surface area contributed by atoms with Crippen LogP contribution in [0.4, 0.5) is 17.3 Å². The van der Waals surface area contributed by atoms with Gasteiger partial charge < -0.3 is 21.1 Å². The summed E-state index contributed by atoms with van der Waals surface area (Å²) >= 11 is 0. The zero-order chi connectivity index (χ0) is 22.4. The smallest absolute Gasteiger partial charge is 0.228 e. The molecule has 3 rings (SSSR count). The van der Waals surface area contributed by atoms with Crippen LogP contribution in [0.15, 0.2) is 34.5 Å². The Balaban J connectivity index is 1.99. The molecule has 1 amide bonds. The average molecular weight is 423 g/mol. The Kier molecular flexibility index (Phi) is 6.91. The summed E-state index contributed by atoms with van der Waals surface area (Å²) in [5.41, 5.74) is 7.38. The normalized spacial score (nSPS) is 13.8. The second-order valence-electron chi connectivity index (χ2n) is 6.91. The molecule has 2 aromatic heterocycles. The Morgan fingerprint density at radius 1 is 1.32 bits per heavy atom. The number of nitrogens with one attached hydrogen (secondary N) is 2. The van der Waals surface area contributed by atoms with Crippen LogP contribution in [0.1, 0.15) is 42.1 Å². The minimum absolute atomic E-state index is 0.0301. The maximum absolute atomic E-state index is 12.5. The molecule has 0 unspecified atom stereocenters. The SMILES string of the molecule is CCC(=O)c1cnc(NC(=O)C2CC2)cc1Nc1nccc(C(N)=NC=NC)c1OC. The van der Waals surface area contributed by atoms with Crippen LogP contribution in [0, 0.1) is 5.92 Å². The third-order valence-electron chi connectivity index (χ3n) is 4.67. The molecule has 0 saturated heterocycles. The van der Waals surface area contributed by atoms with Crippen LogP contribution in [-0.2, 0) is 4.79 Å². The largest absolute Gasteiger partial charge is 0.492 e. The van der Waals surface area contributed by atoms with Gasteiger partial charge in [-0.1, -0.05) is 6.92 Å². The Hall–Kier alpha value is -3.82. The molecular weight excluding hydrogens is 398 g/mol. The average Bonchev–Trinajstić information content (AvgIpc) is 3.62. The van der Waals surface area contributed by atoms with Crippen molar-refractivity contribution in [2.24, 2.45) is 21.6 Å². The molecule has 10 heteroatoms. The van der Waals surface area contributed by atoms with Gasteiger partial charge in [0.1, 0.15) is 18.0 Å². The summed E-state index contributed by atoms with van der Waals surface area (Å²) in [6.45, 7) is 1.76. The van der Waals surface area contributed by atoms with Gasteiger partial charge in [0.25, 0.3) is 0 Å². The molecule has 0 spiro atoms. The fraction of sp³-hybridized carbons (Fsp3) is 0.333. The first-order valence-electron chi connectivity index (χ1n) is 9.86. The molecule has 2 aromatic rings. The summed E-state index contributed by atoms with van der Waals surface area (Å²) in [6, 6.07) is 3.27. The summed E-state index contributed by atoms with van der Waals surface area (Å²) in [4.78, 5) is 41.0. The fourth-order valence-electron chi connectivity index (χ4n) is 2.88. The molecule has 0 aliphatic heterocycles. The maximum atomic E-state index is 12.5. The molecule has 1 aliphatic rings. The summed E-state index contributed by atoms with van der Waals surface area (Å²) in [6.07, 6.45) is 6.37. The summed E-state index contributed by atoms with van der Waals surface area (Å²) in [5.74, 6) is 1.08. The predicted molar refractivity (Wildman–Crippen MR) is 119 cm³/mol. The van der Waals surface area contributed by atoms with Crippen LogP contribution < -0.4 is 21.1 Å². The van der Waals surface area contributed by atoms with Gasteiger partial charge in [0, 0.05) is 37.8 Å². The molecule has 1 saturated carbocycles. The Labute approximate surface area is 180 Å². The van der Waals surface area contributed by atoms with Crippen molar-refractivity contribution in [1.29, 1.82) is 0 Å². The molecule has 0 atom stereocenters. The van der Waals surface area contributed by atoms with E-state index in [9.17, 15) is 9.59 Å². The number of rotatable bonds is 9. The van der Waals surface area contributed by atoms with Crippen molar-refractivity contribution in [3.8, 4) is 5.75 Å². The van der Waals surface area contributed by atoms with Gasteiger partial charge in [0.2, 0.25) is 5.91 Å².